The van der Waals surface area contributed by atoms with Crippen molar-refractivity contribution in [3.63, 3.8) is 0 Å². The first kappa shape index (κ1) is 15.1. The summed E-state index contributed by atoms with van der Waals surface area (Å²) in [6.07, 6.45) is 3.12. The topological polar surface area (TPSA) is 84.7 Å². The van der Waals surface area contributed by atoms with E-state index in [4.69, 9.17) is 0 Å². The van der Waals surface area contributed by atoms with Crippen LogP contribution in [-0.4, -0.2) is 25.7 Å². The Balaban J connectivity index is 1.77. The summed E-state index contributed by atoms with van der Waals surface area (Å²) < 4.78 is 1.72. The van der Waals surface area contributed by atoms with Crippen LogP contribution in [0.25, 0.3) is 0 Å². The van der Waals surface area contributed by atoms with E-state index in [2.05, 4.69) is 25.7 Å². The maximum atomic E-state index is 13.0. The van der Waals surface area contributed by atoms with E-state index in [-0.39, 0.29) is 11.9 Å². The summed E-state index contributed by atoms with van der Waals surface area (Å²) in [4.78, 5) is 21.4. The zero-order chi connectivity index (χ0) is 17.2. The van der Waals surface area contributed by atoms with Crippen molar-refractivity contribution in [1.29, 1.82) is 0 Å². The third-order valence-electron chi connectivity index (χ3n) is 4.06. The van der Waals surface area contributed by atoms with E-state index >= 15 is 0 Å². The molecule has 0 aliphatic carbocycles. The minimum Gasteiger partial charge on any atom is -0.328 e. The number of carbonyl (C=O) groups is 1. The number of hydrogen-bond donors (Lipinski definition) is 2. The van der Waals surface area contributed by atoms with Crippen molar-refractivity contribution in [2.75, 3.05) is 10.6 Å². The molecule has 0 radical (unpaired) electrons. The fourth-order valence-corrected chi connectivity index (χ4v) is 2.95. The summed E-state index contributed by atoms with van der Waals surface area (Å²) in [6.45, 7) is 1.86. The molecule has 7 heteroatoms. The molecule has 3 heterocycles. The second kappa shape index (κ2) is 6.20. The van der Waals surface area contributed by atoms with E-state index in [1.165, 1.54) is 6.33 Å². The second-order valence-corrected chi connectivity index (χ2v) is 5.67. The average molecular weight is 332 g/mol. The monoisotopic (exact) mass is 332 g/mol. The molecular weight excluding hydrogens is 316 g/mol. The van der Waals surface area contributed by atoms with Gasteiger partial charge < -0.3 is 10.6 Å². The van der Waals surface area contributed by atoms with Crippen LogP contribution in [0.1, 0.15) is 18.5 Å². The number of allylic oxidation sites excluding steroid dienone is 1. The fourth-order valence-electron chi connectivity index (χ4n) is 2.95. The zero-order valence-corrected chi connectivity index (χ0v) is 13.5. The Morgan fingerprint density at radius 1 is 1.12 bits per heavy atom. The number of nitrogens with one attached hydrogen (secondary N) is 2. The SMILES string of the molecule is CC1=C(C(=O)Nc2ccccn2)[C@@H](c2ccccc2)n2ncnc2N1. The summed E-state index contributed by atoms with van der Waals surface area (Å²) >= 11 is 0. The van der Waals surface area contributed by atoms with Gasteiger partial charge in [-0.15, -0.1) is 0 Å². The highest BCUT2D eigenvalue weighted by Crippen LogP contribution is 2.34. The molecule has 1 aliphatic rings. The number of rotatable bonds is 3. The zero-order valence-electron chi connectivity index (χ0n) is 13.5. The number of pyridine rings is 1. The lowest BCUT2D eigenvalue weighted by molar-refractivity contribution is -0.113. The molecule has 1 atom stereocenters. The summed E-state index contributed by atoms with van der Waals surface area (Å²) in [5.41, 5.74) is 2.28. The highest BCUT2D eigenvalue weighted by atomic mass is 16.1. The van der Waals surface area contributed by atoms with Crippen LogP contribution in [0, 0.1) is 0 Å². The first-order valence-electron chi connectivity index (χ1n) is 7.88. The number of amides is 1. The minimum atomic E-state index is -0.358. The lowest BCUT2D eigenvalue weighted by Crippen LogP contribution is -2.31. The van der Waals surface area contributed by atoms with Crippen LogP contribution in [0.3, 0.4) is 0 Å². The Bertz CT molecular complexity index is 932. The van der Waals surface area contributed by atoms with Gasteiger partial charge >= 0.3 is 0 Å². The molecule has 3 aromatic rings. The molecule has 0 unspecified atom stereocenters. The van der Waals surface area contributed by atoms with Crippen LogP contribution in [-0.2, 0) is 4.79 Å². The van der Waals surface area contributed by atoms with Crippen molar-refractivity contribution in [3.05, 3.63) is 77.9 Å². The molecule has 0 spiro atoms. The summed E-state index contributed by atoms with van der Waals surface area (Å²) in [5, 5.41) is 10.3. The van der Waals surface area contributed by atoms with E-state index in [1.54, 1.807) is 23.0 Å². The molecular formula is C18H16N6O. The van der Waals surface area contributed by atoms with Crippen LogP contribution in [0.2, 0.25) is 0 Å². The maximum Gasteiger partial charge on any atom is 0.257 e. The summed E-state index contributed by atoms with van der Waals surface area (Å²) in [7, 11) is 0. The molecule has 25 heavy (non-hydrogen) atoms. The van der Waals surface area contributed by atoms with Crippen molar-refractivity contribution in [1.82, 2.24) is 19.7 Å². The standard InChI is InChI=1S/C18H16N6O/c1-12-15(17(25)23-14-9-5-6-10-19-14)16(13-7-3-2-4-8-13)24-18(22-12)20-11-21-24/h2-11,16H,1H3,(H,19,23,25)(H,20,21,22)/t16-/m1/s1. The molecule has 0 saturated heterocycles. The summed E-state index contributed by atoms with van der Waals surface area (Å²) in [5.74, 6) is 0.892. The first-order valence-corrected chi connectivity index (χ1v) is 7.88. The molecule has 0 bridgehead atoms. The largest absolute Gasteiger partial charge is 0.328 e. The number of carbonyl (C=O) groups excluding carboxylic acids is 1. The van der Waals surface area contributed by atoms with Gasteiger partial charge in [0, 0.05) is 11.9 Å². The van der Waals surface area contributed by atoms with Crippen LogP contribution < -0.4 is 10.6 Å². The van der Waals surface area contributed by atoms with Gasteiger partial charge in [0.2, 0.25) is 5.95 Å². The number of aromatic nitrogens is 4. The molecule has 4 rings (SSSR count). The van der Waals surface area contributed by atoms with E-state index in [1.807, 2.05) is 43.3 Å². The van der Waals surface area contributed by atoms with Crippen molar-refractivity contribution < 1.29 is 4.79 Å². The van der Waals surface area contributed by atoms with Gasteiger partial charge in [-0.1, -0.05) is 36.4 Å². The molecule has 2 aromatic heterocycles. The maximum absolute atomic E-state index is 13.0. The second-order valence-electron chi connectivity index (χ2n) is 5.67. The van der Waals surface area contributed by atoms with E-state index < -0.39 is 0 Å². The highest BCUT2D eigenvalue weighted by molar-refractivity contribution is 6.05. The number of fused-ring (bicyclic) bond motifs is 1. The number of nitrogens with zero attached hydrogens (tertiary/aromatic N) is 4. The van der Waals surface area contributed by atoms with Gasteiger partial charge in [-0.25, -0.2) is 9.67 Å². The molecule has 2 N–H and O–H groups in total. The van der Waals surface area contributed by atoms with E-state index in [0.29, 0.717) is 17.3 Å². The van der Waals surface area contributed by atoms with Gasteiger partial charge in [0.15, 0.2) is 0 Å². The molecule has 1 aliphatic heterocycles. The molecule has 124 valence electrons. The predicted molar refractivity (Wildman–Crippen MR) is 93.8 cm³/mol. The lowest BCUT2D eigenvalue weighted by atomic mass is 9.95. The van der Waals surface area contributed by atoms with Crippen molar-refractivity contribution >= 4 is 17.7 Å². The average Bonchev–Trinajstić information content (AvgIpc) is 3.10. The van der Waals surface area contributed by atoms with Crippen molar-refractivity contribution in [2.24, 2.45) is 0 Å². The Labute approximate surface area is 144 Å². The minimum absolute atomic E-state index is 0.223. The van der Waals surface area contributed by atoms with Crippen molar-refractivity contribution in [2.45, 2.75) is 13.0 Å². The lowest BCUT2D eigenvalue weighted by Gasteiger charge is -2.28. The molecule has 0 saturated carbocycles. The number of hydrogen-bond acceptors (Lipinski definition) is 5. The van der Waals surface area contributed by atoms with Crippen molar-refractivity contribution in [3.8, 4) is 0 Å². The third-order valence-corrected chi connectivity index (χ3v) is 4.06. The van der Waals surface area contributed by atoms with Crippen LogP contribution in [0.4, 0.5) is 11.8 Å². The Hall–Kier alpha value is -3.48. The number of anilines is 2. The Morgan fingerprint density at radius 3 is 2.68 bits per heavy atom. The number of benzene rings is 1. The van der Waals surface area contributed by atoms with Gasteiger partial charge in [0.1, 0.15) is 18.2 Å². The smallest absolute Gasteiger partial charge is 0.257 e. The normalized spacial score (nSPS) is 16.1. The van der Waals surface area contributed by atoms with E-state index in [0.717, 1.165) is 11.3 Å². The Morgan fingerprint density at radius 2 is 1.92 bits per heavy atom. The van der Waals surface area contributed by atoms with Gasteiger partial charge in [0.25, 0.3) is 5.91 Å². The highest BCUT2D eigenvalue weighted by Gasteiger charge is 2.33. The Kier molecular flexibility index (Phi) is 3.74. The fraction of sp³-hybridized carbons (Fsp3) is 0.111. The molecule has 1 aromatic carbocycles. The van der Waals surface area contributed by atoms with Gasteiger partial charge in [-0.2, -0.15) is 10.1 Å². The van der Waals surface area contributed by atoms with Crippen LogP contribution in [0.15, 0.2) is 72.3 Å². The van der Waals surface area contributed by atoms with Crippen LogP contribution in [0.5, 0.6) is 0 Å². The first-order chi connectivity index (χ1) is 12.2. The third kappa shape index (κ3) is 2.76. The van der Waals surface area contributed by atoms with Crippen LogP contribution >= 0.6 is 0 Å². The molecule has 0 fully saturated rings. The quantitative estimate of drug-likeness (QED) is 0.770. The molecule has 7 nitrogen and oxygen atoms in total. The summed E-state index contributed by atoms with van der Waals surface area (Å²) in [6, 6.07) is 14.8. The van der Waals surface area contributed by atoms with E-state index in [9.17, 15) is 4.79 Å². The van der Waals surface area contributed by atoms with Gasteiger partial charge in [-0.3, -0.25) is 4.79 Å². The van der Waals surface area contributed by atoms with Gasteiger partial charge in [-0.05, 0) is 24.6 Å². The van der Waals surface area contributed by atoms with Gasteiger partial charge in [0.05, 0.1) is 5.57 Å². The predicted octanol–water partition coefficient (Wildman–Crippen LogP) is 2.60. The molecule has 1 amide bonds.